The smallest absolute Gasteiger partial charge is 0.261 e. The molecule has 1 aromatic heterocycles. The van der Waals surface area contributed by atoms with Gasteiger partial charge < -0.3 is 0 Å². The summed E-state index contributed by atoms with van der Waals surface area (Å²) < 4.78 is 14.4. The molecule has 0 aliphatic heterocycles. The summed E-state index contributed by atoms with van der Waals surface area (Å²) in [6.07, 6.45) is 0. The Bertz CT molecular complexity index is 850. The van der Waals surface area contributed by atoms with Crippen LogP contribution in [0.25, 0.3) is 0 Å². The molecule has 0 aliphatic carbocycles. The maximum atomic E-state index is 12.9. The molecule has 0 aliphatic rings. The first-order chi connectivity index (χ1) is 10.6. The molecule has 0 N–H and O–H groups in total. The zero-order chi connectivity index (χ0) is 15.5. The molecule has 0 saturated carbocycles. The van der Waals surface area contributed by atoms with Gasteiger partial charge in [-0.05, 0) is 29.8 Å². The van der Waals surface area contributed by atoms with Gasteiger partial charge >= 0.3 is 0 Å². The highest BCUT2D eigenvalue weighted by atomic mass is 32.1. The van der Waals surface area contributed by atoms with Gasteiger partial charge in [0.1, 0.15) is 5.82 Å². The molecule has 110 valence electrons. The summed E-state index contributed by atoms with van der Waals surface area (Å²) in [5.74, 6) is -0.666. The van der Waals surface area contributed by atoms with E-state index in [1.54, 1.807) is 0 Å². The lowest BCUT2D eigenvalue weighted by atomic mass is 10.1. The van der Waals surface area contributed by atoms with E-state index in [1.807, 2.05) is 30.3 Å². The van der Waals surface area contributed by atoms with Crippen molar-refractivity contribution in [2.75, 3.05) is 0 Å². The van der Waals surface area contributed by atoms with Crippen LogP contribution in [0.4, 0.5) is 4.39 Å². The van der Waals surface area contributed by atoms with Crippen LogP contribution in [0, 0.1) is 5.82 Å². The number of nitrogens with zero attached hydrogens (tertiary/aromatic N) is 1. The summed E-state index contributed by atoms with van der Waals surface area (Å²) in [4.78, 5) is 24.7. The molecule has 2 aromatic carbocycles. The number of halogens is 1. The van der Waals surface area contributed by atoms with Crippen LogP contribution in [0.1, 0.15) is 20.8 Å². The Morgan fingerprint density at radius 2 is 1.73 bits per heavy atom. The Labute approximate surface area is 130 Å². The van der Waals surface area contributed by atoms with Crippen molar-refractivity contribution in [2.45, 2.75) is 6.54 Å². The van der Waals surface area contributed by atoms with Gasteiger partial charge in [-0.3, -0.25) is 13.5 Å². The summed E-state index contributed by atoms with van der Waals surface area (Å²) in [7, 11) is 0. The molecule has 3 nitrogen and oxygen atoms in total. The number of rotatable bonds is 4. The number of carbonyl (C=O) groups is 1. The maximum Gasteiger partial charge on any atom is 0.261 e. The lowest BCUT2D eigenvalue weighted by Gasteiger charge is -2.00. The Balaban J connectivity index is 1.87. The van der Waals surface area contributed by atoms with Crippen molar-refractivity contribution in [1.82, 2.24) is 3.96 Å². The van der Waals surface area contributed by atoms with E-state index in [4.69, 9.17) is 0 Å². The van der Waals surface area contributed by atoms with E-state index in [0.29, 0.717) is 17.0 Å². The van der Waals surface area contributed by atoms with Crippen LogP contribution in [0.5, 0.6) is 0 Å². The van der Waals surface area contributed by atoms with Gasteiger partial charge in [0.05, 0.1) is 11.4 Å². The topological polar surface area (TPSA) is 39.1 Å². The zero-order valence-corrected chi connectivity index (χ0v) is 12.3. The van der Waals surface area contributed by atoms with Crippen LogP contribution in [0.3, 0.4) is 0 Å². The van der Waals surface area contributed by atoms with Crippen LogP contribution in [0.2, 0.25) is 0 Å². The lowest BCUT2D eigenvalue weighted by molar-refractivity contribution is 0.104. The normalized spacial score (nSPS) is 10.6. The van der Waals surface area contributed by atoms with Crippen LogP contribution >= 0.6 is 11.5 Å². The third kappa shape index (κ3) is 3.04. The van der Waals surface area contributed by atoms with Crippen LogP contribution in [0.15, 0.2) is 65.5 Å². The Morgan fingerprint density at radius 1 is 1.05 bits per heavy atom. The fraction of sp³-hybridized carbons (Fsp3) is 0.0588. The standard InChI is InChI=1S/C17H12FNO2S/c18-14-8-6-13(7-9-14)17(21)15-10-16(20)19(22-15)11-12-4-2-1-3-5-12/h1-10H,11H2. The molecule has 1 heterocycles. The van der Waals surface area contributed by atoms with Crippen molar-refractivity contribution >= 4 is 17.3 Å². The second kappa shape index (κ2) is 6.07. The van der Waals surface area contributed by atoms with E-state index < -0.39 is 5.82 Å². The summed E-state index contributed by atoms with van der Waals surface area (Å²) in [5, 5.41) is 0. The molecule has 3 rings (SSSR count). The third-order valence-electron chi connectivity index (χ3n) is 3.21. The molecule has 5 heteroatoms. The van der Waals surface area contributed by atoms with E-state index in [9.17, 15) is 14.0 Å². The highest BCUT2D eigenvalue weighted by Gasteiger charge is 2.14. The maximum absolute atomic E-state index is 12.9. The van der Waals surface area contributed by atoms with Gasteiger partial charge in [0.25, 0.3) is 5.56 Å². The van der Waals surface area contributed by atoms with Crippen molar-refractivity contribution < 1.29 is 9.18 Å². The molecule has 3 aromatic rings. The monoisotopic (exact) mass is 313 g/mol. The van der Waals surface area contributed by atoms with E-state index in [2.05, 4.69) is 0 Å². The predicted octanol–water partition coefficient (Wildman–Crippen LogP) is 3.33. The molecule has 0 unspecified atom stereocenters. The van der Waals surface area contributed by atoms with Crippen LogP contribution < -0.4 is 5.56 Å². The highest BCUT2D eigenvalue weighted by molar-refractivity contribution is 7.08. The van der Waals surface area contributed by atoms with Crippen LogP contribution in [-0.2, 0) is 6.54 Å². The second-order valence-electron chi connectivity index (χ2n) is 4.80. The van der Waals surface area contributed by atoms with Gasteiger partial charge in [0, 0.05) is 11.6 Å². The number of ketones is 1. The summed E-state index contributed by atoms with van der Waals surface area (Å²) >= 11 is 1.12. The Hall–Kier alpha value is -2.53. The quantitative estimate of drug-likeness (QED) is 0.693. The van der Waals surface area contributed by atoms with E-state index in [-0.39, 0.29) is 11.3 Å². The first kappa shape index (κ1) is 14.4. The Morgan fingerprint density at radius 3 is 2.41 bits per heavy atom. The number of hydrogen-bond donors (Lipinski definition) is 0. The largest absolute Gasteiger partial charge is 0.288 e. The van der Waals surface area contributed by atoms with Gasteiger partial charge in [-0.2, -0.15) is 0 Å². The van der Waals surface area contributed by atoms with Crippen molar-refractivity contribution in [3.8, 4) is 0 Å². The van der Waals surface area contributed by atoms with Crippen molar-refractivity contribution in [1.29, 1.82) is 0 Å². The number of aromatic nitrogens is 1. The van der Waals surface area contributed by atoms with E-state index >= 15 is 0 Å². The van der Waals surface area contributed by atoms with Gasteiger partial charge in [-0.25, -0.2) is 4.39 Å². The average Bonchev–Trinajstić information content (AvgIpc) is 2.89. The molecule has 0 spiro atoms. The molecule has 22 heavy (non-hydrogen) atoms. The number of carbonyl (C=O) groups excluding carboxylic acids is 1. The van der Waals surface area contributed by atoms with Gasteiger partial charge in [0.2, 0.25) is 5.78 Å². The number of benzene rings is 2. The molecule has 0 saturated heterocycles. The molecule has 0 bridgehead atoms. The molecular weight excluding hydrogens is 301 g/mol. The fourth-order valence-electron chi connectivity index (χ4n) is 2.08. The highest BCUT2D eigenvalue weighted by Crippen LogP contribution is 2.15. The van der Waals surface area contributed by atoms with E-state index in [0.717, 1.165) is 17.1 Å². The first-order valence-corrected chi connectivity index (χ1v) is 7.46. The van der Waals surface area contributed by atoms with Gasteiger partial charge in [-0.15, -0.1) is 0 Å². The second-order valence-corrected chi connectivity index (χ2v) is 5.86. The van der Waals surface area contributed by atoms with Crippen molar-refractivity contribution in [3.63, 3.8) is 0 Å². The summed E-state index contributed by atoms with van der Waals surface area (Å²) in [6.45, 7) is 0.432. The molecule has 0 fully saturated rings. The molecule has 0 radical (unpaired) electrons. The SMILES string of the molecule is O=C(c1ccc(F)cc1)c1cc(=O)n(Cc2ccccc2)s1. The predicted molar refractivity (Wildman–Crippen MR) is 84.0 cm³/mol. The third-order valence-corrected chi connectivity index (χ3v) is 4.24. The van der Waals surface area contributed by atoms with Gasteiger partial charge in [-0.1, -0.05) is 41.9 Å². The molecule has 0 atom stereocenters. The average molecular weight is 313 g/mol. The summed E-state index contributed by atoms with van der Waals surface area (Å²) in [5.41, 5.74) is 1.15. The molecule has 0 amide bonds. The molecular formula is C17H12FNO2S. The minimum atomic E-state index is -0.397. The lowest BCUT2D eigenvalue weighted by Crippen LogP contribution is -2.12. The van der Waals surface area contributed by atoms with Gasteiger partial charge in [0.15, 0.2) is 0 Å². The zero-order valence-electron chi connectivity index (χ0n) is 11.5. The Kier molecular flexibility index (Phi) is 3.98. The van der Waals surface area contributed by atoms with Crippen LogP contribution in [-0.4, -0.2) is 9.74 Å². The van der Waals surface area contributed by atoms with E-state index in [1.165, 1.54) is 34.3 Å². The number of hydrogen-bond acceptors (Lipinski definition) is 3. The minimum absolute atomic E-state index is 0.209. The van der Waals surface area contributed by atoms with Crippen molar-refractivity contribution in [2.24, 2.45) is 0 Å². The van der Waals surface area contributed by atoms with Crippen molar-refractivity contribution in [3.05, 3.63) is 92.8 Å². The first-order valence-electron chi connectivity index (χ1n) is 6.69. The summed E-state index contributed by atoms with van der Waals surface area (Å²) in [6, 6.07) is 16.2. The minimum Gasteiger partial charge on any atom is -0.288 e. The fourth-order valence-corrected chi connectivity index (χ4v) is 3.03.